The van der Waals surface area contributed by atoms with Gasteiger partial charge >= 0.3 is 11.9 Å². The number of rotatable bonds is 6. The molecule has 1 aliphatic heterocycles. The van der Waals surface area contributed by atoms with Gasteiger partial charge in [-0.05, 0) is 36.8 Å². The lowest BCUT2D eigenvalue weighted by molar-refractivity contribution is -0.384. The molecule has 0 radical (unpaired) electrons. The van der Waals surface area contributed by atoms with Crippen molar-refractivity contribution in [2.75, 3.05) is 7.11 Å². The highest BCUT2D eigenvalue weighted by Gasteiger charge is 2.33. The van der Waals surface area contributed by atoms with Crippen LogP contribution in [-0.4, -0.2) is 28.5 Å². The Morgan fingerprint density at radius 1 is 1.15 bits per heavy atom. The normalized spacial score (nSPS) is 14.9. The van der Waals surface area contributed by atoms with Crippen LogP contribution < -0.4 is 19.6 Å². The second kappa shape index (κ2) is 10.6. The fourth-order valence-electron chi connectivity index (χ4n) is 4.38. The molecule has 3 heterocycles. The third-order valence-electron chi connectivity index (χ3n) is 6.13. The van der Waals surface area contributed by atoms with Crippen LogP contribution in [0.15, 0.2) is 86.1 Å². The zero-order valence-electron chi connectivity index (χ0n) is 21.4. The Hall–Kier alpha value is -5.10. The van der Waals surface area contributed by atoms with Crippen molar-refractivity contribution in [3.05, 3.63) is 113 Å². The van der Waals surface area contributed by atoms with E-state index in [-0.39, 0.29) is 11.3 Å². The number of methoxy groups -OCH3 is 1. The number of nitrogens with zero attached hydrogens (tertiary/aromatic N) is 3. The van der Waals surface area contributed by atoms with Crippen LogP contribution in [-0.2, 0) is 14.3 Å². The number of furan rings is 1. The van der Waals surface area contributed by atoms with Gasteiger partial charge < -0.3 is 13.9 Å². The number of hydrogen-bond donors (Lipinski definition) is 0. The number of thiazole rings is 1. The average molecular weight is 560 g/mol. The Balaban J connectivity index is 1.60. The molecular formula is C28H21N3O8S. The van der Waals surface area contributed by atoms with E-state index in [1.54, 1.807) is 61.5 Å². The van der Waals surface area contributed by atoms with Crippen LogP contribution in [0.2, 0.25) is 0 Å². The third-order valence-corrected chi connectivity index (χ3v) is 7.11. The smallest absolute Gasteiger partial charge is 0.338 e. The summed E-state index contributed by atoms with van der Waals surface area (Å²) in [6, 6.07) is 15.0. The summed E-state index contributed by atoms with van der Waals surface area (Å²) in [4.78, 5) is 53.4. The average Bonchev–Trinajstić information content (AvgIpc) is 3.52. The number of benzene rings is 2. The van der Waals surface area contributed by atoms with Gasteiger partial charge in [0.25, 0.3) is 11.2 Å². The third kappa shape index (κ3) is 4.99. The Morgan fingerprint density at radius 3 is 2.58 bits per heavy atom. The van der Waals surface area contributed by atoms with Gasteiger partial charge in [-0.3, -0.25) is 24.3 Å². The Morgan fingerprint density at radius 2 is 1.90 bits per heavy atom. The number of hydrogen-bond acceptors (Lipinski definition) is 10. The monoisotopic (exact) mass is 559 g/mol. The van der Waals surface area contributed by atoms with Gasteiger partial charge in [0.1, 0.15) is 17.3 Å². The highest BCUT2D eigenvalue weighted by atomic mass is 32.1. The fourth-order valence-corrected chi connectivity index (χ4v) is 5.41. The van der Waals surface area contributed by atoms with Crippen LogP contribution in [0.4, 0.5) is 5.69 Å². The van der Waals surface area contributed by atoms with Crippen molar-refractivity contribution < 1.29 is 28.4 Å². The molecule has 0 aliphatic carbocycles. The molecule has 0 spiro atoms. The summed E-state index contributed by atoms with van der Waals surface area (Å²) in [6.07, 6.45) is 1.56. The van der Waals surface area contributed by atoms with Crippen LogP contribution in [0, 0.1) is 10.1 Å². The minimum atomic E-state index is -0.839. The van der Waals surface area contributed by atoms with Crippen molar-refractivity contribution in [2.45, 2.75) is 19.9 Å². The van der Waals surface area contributed by atoms with E-state index in [4.69, 9.17) is 13.9 Å². The molecule has 0 saturated heterocycles. The molecule has 0 bridgehead atoms. The van der Waals surface area contributed by atoms with Crippen LogP contribution in [0.5, 0.6) is 5.75 Å². The van der Waals surface area contributed by atoms with Crippen molar-refractivity contribution in [1.82, 2.24) is 4.57 Å². The molecule has 4 aromatic rings. The van der Waals surface area contributed by atoms with E-state index in [0.717, 1.165) is 11.3 Å². The van der Waals surface area contributed by atoms with Crippen LogP contribution >= 0.6 is 11.3 Å². The SMILES string of the molecule is COC(=O)C1=C(C)N=c2s/c(=C\c3ccc(-c4cccc([N+](=O)[O-])c4)o3)c(=O)n2C1c1ccc(OC(C)=O)cc1. The number of aromatic nitrogens is 1. The van der Waals surface area contributed by atoms with Gasteiger partial charge in [-0.2, -0.15) is 0 Å². The topological polar surface area (TPSA) is 143 Å². The van der Waals surface area contributed by atoms with Crippen LogP contribution in [0.3, 0.4) is 0 Å². The molecule has 0 N–H and O–H groups in total. The summed E-state index contributed by atoms with van der Waals surface area (Å²) >= 11 is 1.13. The number of nitro groups is 1. The van der Waals surface area contributed by atoms with Gasteiger partial charge in [0.15, 0.2) is 4.80 Å². The Kier molecular flexibility index (Phi) is 7.01. The van der Waals surface area contributed by atoms with Gasteiger partial charge in [-0.25, -0.2) is 9.79 Å². The van der Waals surface area contributed by atoms with Gasteiger partial charge in [0, 0.05) is 30.7 Å². The molecule has 5 rings (SSSR count). The molecule has 0 fully saturated rings. The Labute approximate surface area is 230 Å². The minimum absolute atomic E-state index is 0.0681. The van der Waals surface area contributed by atoms with E-state index in [1.807, 2.05) is 0 Å². The molecule has 40 heavy (non-hydrogen) atoms. The van der Waals surface area contributed by atoms with E-state index < -0.39 is 28.5 Å². The lowest BCUT2D eigenvalue weighted by Crippen LogP contribution is -2.39. The first-order valence-corrected chi connectivity index (χ1v) is 12.7. The first-order chi connectivity index (χ1) is 19.2. The highest BCUT2D eigenvalue weighted by Crippen LogP contribution is 2.32. The first-order valence-electron chi connectivity index (χ1n) is 11.9. The van der Waals surface area contributed by atoms with Crippen molar-refractivity contribution in [2.24, 2.45) is 4.99 Å². The van der Waals surface area contributed by atoms with E-state index in [0.29, 0.717) is 43.4 Å². The van der Waals surface area contributed by atoms with Crippen LogP contribution in [0.25, 0.3) is 17.4 Å². The maximum absolute atomic E-state index is 13.7. The molecule has 2 aromatic heterocycles. The second-order valence-corrected chi connectivity index (χ2v) is 9.75. The minimum Gasteiger partial charge on any atom is -0.466 e. The number of ether oxygens (including phenoxy) is 2. The molecule has 1 unspecified atom stereocenters. The molecule has 12 heteroatoms. The maximum atomic E-state index is 13.7. The summed E-state index contributed by atoms with van der Waals surface area (Å²) in [5, 5.41) is 11.1. The standard InChI is InChI=1S/C28H21N3O8S/c1-15-24(27(34)37-3)25(17-7-9-20(10-8-17)38-16(2)32)30-26(33)23(40-28(30)29-15)14-21-11-12-22(39-21)18-5-4-6-19(13-18)31(35)36/h4-14,25H,1-3H3/b23-14-. The molecule has 0 amide bonds. The van der Waals surface area contributed by atoms with Gasteiger partial charge in [0.05, 0.1) is 33.9 Å². The molecule has 0 saturated carbocycles. The summed E-state index contributed by atoms with van der Waals surface area (Å²) < 4.78 is 17.7. The molecule has 1 aliphatic rings. The molecule has 2 aromatic carbocycles. The van der Waals surface area contributed by atoms with Crippen molar-refractivity contribution in [3.8, 4) is 17.1 Å². The zero-order valence-corrected chi connectivity index (χ0v) is 22.3. The molecule has 11 nitrogen and oxygen atoms in total. The second-order valence-electron chi connectivity index (χ2n) is 8.75. The lowest BCUT2D eigenvalue weighted by atomic mass is 9.96. The quantitative estimate of drug-likeness (QED) is 0.151. The Bertz CT molecular complexity index is 1880. The largest absolute Gasteiger partial charge is 0.466 e. The molecular weight excluding hydrogens is 538 g/mol. The summed E-state index contributed by atoms with van der Waals surface area (Å²) in [5.41, 5.74) is 1.24. The fraction of sp³-hybridized carbons (Fsp3) is 0.143. The van der Waals surface area contributed by atoms with Gasteiger partial charge in [-0.1, -0.05) is 35.6 Å². The van der Waals surface area contributed by atoms with E-state index in [1.165, 1.54) is 30.7 Å². The number of esters is 2. The van der Waals surface area contributed by atoms with Gasteiger partial charge in [-0.15, -0.1) is 0 Å². The number of fused-ring (bicyclic) bond motifs is 1. The number of allylic oxidation sites excluding steroid dienone is 1. The van der Waals surface area contributed by atoms with E-state index in [2.05, 4.69) is 4.99 Å². The van der Waals surface area contributed by atoms with Gasteiger partial charge in [0.2, 0.25) is 0 Å². The number of nitro benzene ring substituents is 1. The maximum Gasteiger partial charge on any atom is 0.338 e. The highest BCUT2D eigenvalue weighted by molar-refractivity contribution is 7.07. The van der Waals surface area contributed by atoms with E-state index in [9.17, 15) is 24.5 Å². The predicted octanol–water partition coefficient (Wildman–Crippen LogP) is 3.50. The van der Waals surface area contributed by atoms with Crippen LogP contribution in [0.1, 0.15) is 31.2 Å². The van der Waals surface area contributed by atoms with Crippen molar-refractivity contribution in [3.63, 3.8) is 0 Å². The predicted molar refractivity (Wildman–Crippen MR) is 144 cm³/mol. The molecule has 1 atom stereocenters. The summed E-state index contributed by atoms with van der Waals surface area (Å²) in [5.74, 6) is -0.0212. The number of carbonyl (C=O) groups is 2. The number of non-ortho nitro benzene ring substituents is 1. The van der Waals surface area contributed by atoms with E-state index >= 15 is 0 Å². The van der Waals surface area contributed by atoms with Crippen molar-refractivity contribution in [1.29, 1.82) is 0 Å². The lowest BCUT2D eigenvalue weighted by Gasteiger charge is -2.24. The summed E-state index contributed by atoms with van der Waals surface area (Å²) in [7, 11) is 1.25. The number of carbonyl (C=O) groups excluding carboxylic acids is 2. The van der Waals surface area contributed by atoms with Crippen molar-refractivity contribution >= 4 is 35.0 Å². The summed E-state index contributed by atoms with van der Waals surface area (Å²) in [6.45, 7) is 2.96. The zero-order chi connectivity index (χ0) is 28.6. The molecule has 202 valence electrons. The first kappa shape index (κ1) is 26.5.